The Bertz CT molecular complexity index is 1430. The van der Waals surface area contributed by atoms with Gasteiger partial charge in [0.05, 0.1) is 11.1 Å². The monoisotopic (exact) mass is 531 g/mol. The summed E-state index contributed by atoms with van der Waals surface area (Å²) >= 11 is 0. The molecule has 0 spiro atoms. The number of aryl methyl sites for hydroxylation is 2. The number of fused-ring (bicyclic) bond motifs is 1. The SMILES string of the molecule is CCc1ccc(C2=CC(=CC=C3C=[N+](C)c4ccccc43)OC(c3ccc(CC)cc3)=C2)cc1.FB(F)F.[F-]. The zero-order chi connectivity index (χ0) is 27.1. The minimum Gasteiger partial charge on any atom is -1.00 e. The molecule has 3 aromatic carbocycles. The van der Waals surface area contributed by atoms with E-state index in [1.165, 1.54) is 33.5 Å². The van der Waals surface area contributed by atoms with E-state index in [0.29, 0.717) is 0 Å². The van der Waals surface area contributed by atoms with Crippen molar-refractivity contribution in [3.63, 3.8) is 0 Å². The highest BCUT2D eigenvalue weighted by Gasteiger charge is 2.22. The highest BCUT2D eigenvalue weighted by atomic mass is 19.4. The fourth-order valence-electron chi connectivity index (χ4n) is 4.43. The molecule has 0 unspecified atom stereocenters. The van der Waals surface area contributed by atoms with Crippen LogP contribution in [0.4, 0.5) is 18.6 Å². The largest absolute Gasteiger partial charge is 1.00 e. The Balaban J connectivity index is 0.000000788. The molecule has 7 heteroatoms. The van der Waals surface area contributed by atoms with Crippen LogP contribution in [0.25, 0.3) is 16.9 Å². The number of benzene rings is 3. The van der Waals surface area contributed by atoms with E-state index in [2.05, 4.69) is 129 Å². The summed E-state index contributed by atoms with van der Waals surface area (Å²) in [5.74, 6) is 1.71. The molecular weight excluding hydrogens is 501 g/mol. The molecule has 3 aromatic rings. The average molecular weight is 531 g/mol. The van der Waals surface area contributed by atoms with Crippen molar-refractivity contribution < 1.29 is 27.0 Å². The maximum Gasteiger partial charge on any atom is 0.762 e. The van der Waals surface area contributed by atoms with E-state index in [9.17, 15) is 12.9 Å². The van der Waals surface area contributed by atoms with Crippen LogP contribution in [0.15, 0.2) is 103 Å². The average Bonchev–Trinajstić information content (AvgIpc) is 3.27. The van der Waals surface area contributed by atoms with E-state index in [-0.39, 0.29) is 4.70 Å². The van der Waals surface area contributed by atoms with Gasteiger partial charge in [0.15, 0.2) is 6.21 Å². The van der Waals surface area contributed by atoms with Gasteiger partial charge >= 0.3 is 7.54 Å². The van der Waals surface area contributed by atoms with Gasteiger partial charge in [-0.25, -0.2) is 4.58 Å². The summed E-state index contributed by atoms with van der Waals surface area (Å²) < 4.78 is 37.6. The van der Waals surface area contributed by atoms with Gasteiger partial charge in [0.25, 0.3) is 0 Å². The third-order valence-electron chi connectivity index (χ3n) is 6.51. The summed E-state index contributed by atoms with van der Waals surface area (Å²) in [4.78, 5) is 0. The molecule has 0 aliphatic carbocycles. The second-order valence-corrected chi connectivity index (χ2v) is 9.01. The highest BCUT2D eigenvalue weighted by Crippen LogP contribution is 2.33. The molecule has 0 aromatic heterocycles. The van der Waals surface area contributed by atoms with Crippen molar-refractivity contribution in [2.75, 3.05) is 7.05 Å². The molecule has 39 heavy (non-hydrogen) atoms. The van der Waals surface area contributed by atoms with Gasteiger partial charge in [-0.2, -0.15) is 0 Å². The number of hydrogen-bond donors (Lipinski definition) is 0. The number of halogens is 4. The first-order chi connectivity index (χ1) is 18.4. The van der Waals surface area contributed by atoms with Crippen LogP contribution in [0.1, 0.15) is 41.7 Å². The van der Waals surface area contributed by atoms with Crippen molar-refractivity contribution >= 4 is 36.4 Å². The van der Waals surface area contributed by atoms with Gasteiger partial charge in [-0.1, -0.05) is 74.5 Å². The molecule has 2 aliphatic rings. The minimum absolute atomic E-state index is 0. The molecular formula is C32H30BF4NO. The quantitative estimate of drug-likeness (QED) is 0.242. The van der Waals surface area contributed by atoms with Crippen LogP contribution in [0.2, 0.25) is 0 Å². The van der Waals surface area contributed by atoms with E-state index in [4.69, 9.17) is 4.74 Å². The summed E-state index contributed by atoms with van der Waals surface area (Å²) in [6.45, 7) is 4.36. The second-order valence-electron chi connectivity index (χ2n) is 9.01. The fraction of sp³-hybridized carbons (Fsp3) is 0.156. The first kappa shape index (κ1) is 29.4. The van der Waals surface area contributed by atoms with E-state index in [1.54, 1.807) is 0 Å². The van der Waals surface area contributed by atoms with Crippen LogP contribution < -0.4 is 4.70 Å². The Kier molecular flexibility index (Phi) is 10.3. The van der Waals surface area contributed by atoms with Gasteiger partial charge in [0.2, 0.25) is 5.69 Å². The van der Waals surface area contributed by atoms with Crippen LogP contribution in [-0.4, -0.2) is 25.4 Å². The molecule has 0 radical (unpaired) electrons. The number of allylic oxidation sites excluding steroid dienone is 6. The molecule has 0 N–H and O–H groups in total. The Morgan fingerprint density at radius 2 is 1.33 bits per heavy atom. The van der Waals surface area contributed by atoms with E-state index < -0.39 is 7.54 Å². The molecule has 0 saturated heterocycles. The molecule has 200 valence electrons. The van der Waals surface area contributed by atoms with Crippen LogP contribution in [0.5, 0.6) is 0 Å². The summed E-state index contributed by atoms with van der Waals surface area (Å²) in [7, 11) is -1.58. The second kappa shape index (κ2) is 13.6. The van der Waals surface area contributed by atoms with Gasteiger partial charge in [0, 0.05) is 11.6 Å². The minimum atomic E-state index is -3.67. The van der Waals surface area contributed by atoms with Crippen molar-refractivity contribution in [1.82, 2.24) is 0 Å². The molecule has 0 amide bonds. The van der Waals surface area contributed by atoms with Crippen LogP contribution in [0, 0.1) is 0 Å². The Hall–Kier alpha value is -4.13. The summed E-state index contributed by atoms with van der Waals surface area (Å²) in [6.07, 6.45) is 12.7. The fourth-order valence-corrected chi connectivity index (χ4v) is 4.43. The number of hydrogen-bond acceptors (Lipinski definition) is 1. The van der Waals surface area contributed by atoms with Gasteiger partial charge < -0.3 is 9.44 Å². The first-order valence-electron chi connectivity index (χ1n) is 12.7. The smallest absolute Gasteiger partial charge is 0.762 e. The van der Waals surface area contributed by atoms with Crippen molar-refractivity contribution in [2.45, 2.75) is 26.7 Å². The standard InChI is InChI=1S/C32H30NO.BF3.FH/c1-4-23-10-14-25(15-11-23)28-20-29(34-32(21-28)26-16-12-24(5-2)13-17-26)19-18-27-22-33(3)31-9-7-6-8-30(27)31;2-1(3)4;/h6-22H,4-5H2,1-3H3;;1H/q+1;;/p-1. The Morgan fingerprint density at radius 3 is 1.92 bits per heavy atom. The van der Waals surface area contributed by atoms with Gasteiger partial charge in [-0.15, -0.1) is 0 Å². The van der Waals surface area contributed by atoms with Crippen LogP contribution in [0.3, 0.4) is 0 Å². The summed E-state index contributed by atoms with van der Waals surface area (Å²) in [6, 6.07) is 26.0. The molecule has 5 rings (SSSR count). The summed E-state index contributed by atoms with van der Waals surface area (Å²) in [5, 5.41) is 0. The van der Waals surface area contributed by atoms with Crippen molar-refractivity contribution in [3.8, 4) is 0 Å². The zero-order valence-electron chi connectivity index (χ0n) is 22.2. The van der Waals surface area contributed by atoms with Gasteiger partial charge in [0.1, 0.15) is 18.6 Å². The lowest BCUT2D eigenvalue weighted by Crippen LogP contribution is -3.00. The van der Waals surface area contributed by atoms with Crippen molar-refractivity contribution in [2.24, 2.45) is 0 Å². The van der Waals surface area contributed by atoms with Crippen molar-refractivity contribution in [1.29, 1.82) is 0 Å². The maximum atomic E-state index is 9.67. The van der Waals surface area contributed by atoms with Crippen molar-refractivity contribution in [3.05, 3.63) is 131 Å². The lowest BCUT2D eigenvalue weighted by molar-refractivity contribution is -0.395. The third kappa shape index (κ3) is 7.47. The molecule has 2 aliphatic heterocycles. The third-order valence-corrected chi connectivity index (χ3v) is 6.51. The molecule has 0 bridgehead atoms. The van der Waals surface area contributed by atoms with Crippen LogP contribution >= 0.6 is 0 Å². The first-order valence-corrected chi connectivity index (χ1v) is 12.7. The molecule has 2 heterocycles. The topological polar surface area (TPSA) is 12.2 Å². The normalized spacial score (nSPS) is 15.7. The number of ether oxygens (including phenoxy) is 1. The predicted octanol–water partition coefficient (Wildman–Crippen LogP) is 5.48. The molecule has 0 saturated carbocycles. The van der Waals surface area contributed by atoms with E-state index in [0.717, 1.165) is 35.5 Å². The number of nitrogens with zero attached hydrogens (tertiary/aromatic N) is 1. The zero-order valence-corrected chi connectivity index (χ0v) is 22.2. The van der Waals surface area contributed by atoms with Gasteiger partial charge in [-0.3, -0.25) is 12.9 Å². The lowest BCUT2D eigenvalue weighted by atomic mass is 9.98. The molecule has 0 fully saturated rings. The Labute approximate surface area is 227 Å². The molecule has 0 atom stereocenters. The van der Waals surface area contributed by atoms with Crippen LogP contribution in [-0.2, 0) is 17.6 Å². The highest BCUT2D eigenvalue weighted by molar-refractivity contribution is 6.33. The van der Waals surface area contributed by atoms with E-state index >= 15 is 0 Å². The number of rotatable bonds is 5. The lowest BCUT2D eigenvalue weighted by Gasteiger charge is -2.18. The summed E-state index contributed by atoms with van der Waals surface area (Å²) in [5.41, 5.74) is 9.75. The number of para-hydroxylation sites is 1. The predicted molar refractivity (Wildman–Crippen MR) is 152 cm³/mol. The van der Waals surface area contributed by atoms with E-state index in [1.807, 2.05) is 0 Å². The Morgan fingerprint density at radius 1 is 0.769 bits per heavy atom. The maximum absolute atomic E-state index is 9.67. The molecule has 2 nitrogen and oxygen atoms in total. The van der Waals surface area contributed by atoms with Gasteiger partial charge in [-0.05, 0) is 65.5 Å².